The fourth-order valence-electron chi connectivity index (χ4n) is 1.82. The topological polar surface area (TPSA) is 48.1 Å². The molecule has 19 heavy (non-hydrogen) atoms. The van der Waals surface area contributed by atoms with Crippen molar-refractivity contribution in [2.45, 2.75) is 20.3 Å². The third-order valence-corrected chi connectivity index (χ3v) is 2.81. The summed E-state index contributed by atoms with van der Waals surface area (Å²) in [5.41, 5.74) is 8.36. The van der Waals surface area contributed by atoms with Crippen LogP contribution in [0.25, 0.3) is 0 Å². The van der Waals surface area contributed by atoms with Gasteiger partial charge in [-0.1, -0.05) is 6.07 Å². The molecule has 4 heteroatoms. The lowest BCUT2D eigenvalue weighted by Crippen LogP contribution is -2.04. The molecule has 0 aliphatic rings. The Kier molecular flexibility index (Phi) is 4.12. The van der Waals surface area contributed by atoms with Gasteiger partial charge >= 0.3 is 0 Å². The van der Waals surface area contributed by atoms with Crippen LogP contribution in [0.1, 0.15) is 16.7 Å². The molecule has 0 aliphatic heterocycles. The number of hydrogen-bond acceptors (Lipinski definition) is 3. The first-order chi connectivity index (χ1) is 9.10. The number of nitrogens with zero attached hydrogens (tertiary/aromatic N) is 1. The molecule has 0 aliphatic carbocycles. The van der Waals surface area contributed by atoms with Crippen molar-refractivity contribution in [1.82, 2.24) is 4.98 Å². The van der Waals surface area contributed by atoms with Gasteiger partial charge in [0.15, 0.2) is 11.6 Å². The molecule has 1 aromatic heterocycles. The second-order valence-electron chi connectivity index (χ2n) is 4.54. The molecule has 0 fully saturated rings. The molecule has 0 saturated heterocycles. The van der Waals surface area contributed by atoms with Crippen LogP contribution in [-0.4, -0.2) is 11.5 Å². The third kappa shape index (κ3) is 3.29. The van der Waals surface area contributed by atoms with Crippen LogP contribution in [0.3, 0.4) is 0 Å². The highest BCUT2D eigenvalue weighted by atomic mass is 19.1. The van der Waals surface area contributed by atoms with Gasteiger partial charge in [-0.05, 0) is 56.1 Å². The molecule has 3 nitrogen and oxygen atoms in total. The average molecular weight is 260 g/mol. The molecule has 2 aromatic rings. The minimum absolute atomic E-state index is 0.196. The van der Waals surface area contributed by atoms with E-state index in [1.165, 1.54) is 6.07 Å². The first-order valence-electron chi connectivity index (χ1n) is 6.19. The molecule has 0 atom stereocenters. The summed E-state index contributed by atoms with van der Waals surface area (Å²) in [5.74, 6) is 0.227. The molecular formula is C15H17FN2O. The van der Waals surface area contributed by atoms with E-state index in [1.54, 1.807) is 18.3 Å². The van der Waals surface area contributed by atoms with E-state index in [1.807, 2.05) is 19.9 Å². The van der Waals surface area contributed by atoms with Crippen LogP contribution in [0.5, 0.6) is 11.6 Å². The van der Waals surface area contributed by atoms with Crippen LogP contribution >= 0.6 is 0 Å². The summed E-state index contributed by atoms with van der Waals surface area (Å²) >= 11 is 0. The summed E-state index contributed by atoms with van der Waals surface area (Å²) in [4.78, 5) is 4.22. The third-order valence-electron chi connectivity index (χ3n) is 2.81. The van der Waals surface area contributed by atoms with Crippen molar-refractivity contribution in [1.29, 1.82) is 0 Å². The molecule has 100 valence electrons. The number of nitrogens with two attached hydrogens (primary N) is 1. The molecule has 0 bridgehead atoms. The normalized spacial score (nSPS) is 10.5. The van der Waals surface area contributed by atoms with Crippen molar-refractivity contribution in [3.8, 4) is 11.6 Å². The van der Waals surface area contributed by atoms with Gasteiger partial charge in [-0.25, -0.2) is 9.37 Å². The molecule has 0 unspecified atom stereocenters. The van der Waals surface area contributed by atoms with Gasteiger partial charge < -0.3 is 10.5 Å². The summed E-state index contributed by atoms with van der Waals surface area (Å²) in [7, 11) is 0. The minimum Gasteiger partial charge on any atom is -0.436 e. The maximum Gasteiger partial charge on any atom is 0.222 e. The highest BCUT2D eigenvalue weighted by Crippen LogP contribution is 2.26. The summed E-state index contributed by atoms with van der Waals surface area (Å²) in [6.45, 7) is 4.35. The SMILES string of the molecule is Cc1ccc(F)c(Oc2ncc(CCN)cc2C)c1. The molecule has 1 aromatic carbocycles. The minimum atomic E-state index is -0.391. The Bertz CT molecular complexity index is 584. The highest BCUT2D eigenvalue weighted by molar-refractivity contribution is 5.36. The predicted octanol–water partition coefficient (Wildman–Crippen LogP) is 3.13. The summed E-state index contributed by atoms with van der Waals surface area (Å²) in [6, 6.07) is 6.71. The van der Waals surface area contributed by atoms with E-state index >= 15 is 0 Å². The zero-order valence-electron chi connectivity index (χ0n) is 11.1. The first kappa shape index (κ1) is 13.5. The van der Waals surface area contributed by atoms with Crippen LogP contribution in [-0.2, 0) is 6.42 Å². The Morgan fingerprint density at radius 2 is 2.05 bits per heavy atom. The van der Waals surface area contributed by atoms with Gasteiger partial charge in [-0.2, -0.15) is 0 Å². The fraction of sp³-hybridized carbons (Fsp3) is 0.267. The summed E-state index contributed by atoms with van der Waals surface area (Å²) in [5, 5.41) is 0. The molecular weight excluding hydrogens is 243 g/mol. The van der Waals surface area contributed by atoms with Crippen LogP contribution in [0.4, 0.5) is 4.39 Å². The van der Waals surface area contributed by atoms with Crippen molar-refractivity contribution in [3.63, 3.8) is 0 Å². The maximum absolute atomic E-state index is 13.6. The van der Waals surface area contributed by atoms with Gasteiger partial charge in [0, 0.05) is 11.8 Å². The lowest BCUT2D eigenvalue weighted by atomic mass is 10.1. The predicted molar refractivity (Wildman–Crippen MR) is 72.9 cm³/mol. The summed E-state index contributed by atoms with van der Waals surface area (Å²) < 4.78 is 19.2. The number of rotatable bonds is 4. The molecule has 2 rings (SSSR count). The average Bonchev–Trinajstić information content (AvgIpc) is 2.37. The van der Waals surface area contributed by atoms with Crippen molar-refractivity contribution in [2.24, 2.45) is 5.73 Å². The van der Waals surface area contributed by atoms with Crippen molar-refractivity contribution < 1.29 is 9.13 Å². The molecule has 0 spiro atoms. The lowest BCUT2D eigenvalue weighted by molar-refractivity contribution is 0.424. The van der Waals surface area contributed by atoms with Gasteiger partial charge in [0.1, 0.15) is 0 Å². The van der Waals surface area contributed by atoms with Crippen LogP contribution in [0.15, 0.2) is 30.5 Å². The highest BCUT2D eigenvalue weighted by Gasteiger charge is 2.08. The van der Waals surface area contributed by atoms with Gasteiger partial charge in [-0.3, -0.25) is 0 Å². The summed E-state index contributed by atoms with van der Waals surface area (Å²) in [6.07, 6.45) is 2.48. The van der Waals surface area contributed by atoms with E-state index in [4.69, 9.17) is 10.5 Å². The maximum atomic E-state index is 13.6. The molecule has 0 saturated carbocycles. The fourth-order valence-corrected chi connectivity index (χ4v) is 1.82. The molecule has 1 heterocycles. The Morgan fingerprint density at radius 1 is 1.26 bits per heavy atom. The standard InChI is InChI=1S/C15H17FN2O/c1-10-3-4-13(16)14(7-10)19-15-11(2)8-12(5-6-17)9-18-15/h3-4,7-9H,5-6,17H2,1-2H3. The van der Waals surface area contributed by atoms with Gasteiger partial charge in [0.05, 0.1) is 0 Å². The quantitative estimate of drug-likeness (QED) is 0.918. The zero-order valence-corrected chi connectivity index (χ0v) is 11.1. The lowest BCUT2D eigenvalue weighted by Gasteiger charge is -2.10. The Morgan fingerprint density at radius 3 is 2.74 bits per heavy atom. The second kappa shape index (κ2) is 5.80. The number of benzene rings is 1. The molecule has 0 radical (unpaired) electrons. The van der Waals surface area contributed by atoms with E-state index in [9.17, 15) is 4.39 Å². The van der Waals surface area contributed by atoms with Gasteiger partial charge in [0.2, 0.25) is 5.88 Å². The number of halogens is 1. The Balaban J connectivity index is 2.25. The largest absolute Gasteiger partial charge is 0.436 e. The van der Waals surface area contributed by atoms with E-state index < -0.39 is 5.82 Å². The second-order valence-corrected chi connectivity index (χ2v) is 4.54. The monoisotopic (exact) mass is 260 g/mol. The van der Waals surface area contributed by atoms with E-state index in [2.05, 4.69) is 4.98 Å². The first-order valence-corrected chi connectivity index (χ1v) is 6.19. The van der Waals surface area contributed by atoms with Crippen LogP contribution in [0, 0.1) is 19.7 Å². The van der Waals surface area contributed by atoms with Crippen molar-refractivity contribution in [2.75, 3.05) is 6.54 Å². The number of pyridine rings is 1. The molecule has 0 amide bonds. The number of aromatic nitrogens is 1. The number of ether oxygens (including phenoxy) is 1. The van der Waals surface area contributed by atoms with E-state index in [0.29, 0.717) is 12.4 Å². The Labute approximate surface area is 112 Å². The number of hydrogen-bond donors (Lipinski definition) is 1. The zero-order chi connectivity index (χ0) is 13.8. The van der Waals surface area contributed by atoms with E-state index in [-0.39, 0.29) is 5.75 Å². The van der Waals surface area contributed by atoms with Gasteiger partial charge in [0.25, 0.3) is 0 Å². The Hall–Kier alpha value is -1.94. The van der Waals surface area contributed by atoms with E-state index in [0.717, 1.165) is 23.1 Å². The van der Waals surface area contributed by atoms with Crippen molar-refractivity contribution >= 4 is 0 Å². The van der Waals surface area contributed by atoms with Crippen LogP contribution in [0.2, 0.25) is 0 Å². The van der Waals surface area contributed by atoms with Crippen LogP contribution < -0.4 is 10.5 Å². The molecule has 2 N–H and O–H groups in total. The van der Waals surface area contributed by atoms with Crippen molar-refractivity contribution in [3.05, 3.63) is 53.0 Å². The smallest absolute Gasteiger partial charge is 0.222 e. The number of aryl methyl sites for hydroxylation is 2. The van der Waals surface area contributed by atoms with Gasteiger partial charge in [-0.15, -0.1) is 0 Å².